The number of nitrogens with one attached hydrogen (secondary N) is 2. The van der Waals surface area contributed by atoms with Gasteiger partial charge in [-0.1, -0.05) is 11.3 Å². The summed E-state index contributed by atoms with van der Waals surface area (Å²) >= 11 is 1.03. The van der Waals surface area contributed by atoms with E-state index in [-0.39, 0.29) is 11.6 Å². The molecule has 1 amide bonds. The van der Waals surface area contributed by atoms with Crippen molar-refractivity contribution in [1.29, 1.82) is 0 Å². The third-order valence-electron chi connectivity index (χ3n) is 2.60. The van der Waals surface area contributed by atoms with Crippen molar-refractivity contribution in [2.45, 2.75) is 19.4 Å². The van der Waals surface area contributed by atoms with Gasteiger partial charge in [0.15, 0.2) is 5.13 Å². The van der Waals surface area contributed by atoms with E-state index in [0.29, 0.717) is 16.3 Å². The Labute approximate surface area is 118 Å². The van der Waals surface area contributed by atoms with Gasteiger partial charge in [-0.05, 0) is 6.92 Å². The third kappa shape index (κ3) is 3.12. The van der Waals surface area contributed by atoms with E-state index >= 15 is 0 Å². The van der Waals surface area contributed by atoms with Crippen LogP contribution < -0.4 is 11.1 Å². The second-order valence-electron chi connectivity index (χ2n) is 4.11. The molecule has 0 spiro atoms. The highest BCUT2D eigenvalue weighted by Gasteiger charge is 2.23. The summed E-state index contributed by atoms with van der Waals surface area (Å²) < 4.78 is 0. The number of hydrogen-bond donors (Lipinski definition) is 4. The lowest BCUT2D eigenvalue weighted by Gasteiger charge is -2.13. The van der Waals surface area contributed by atoms with E-state index in [1.54, 1.807) is 6.92 Å². The molecule has 0 unspecified atom stereocenters. The van der Waals surface area contributed by atoms with Gasteiger partial charge in [-0.15, -0.1) is 0 Å². The smallest absolute Gasteiger partial charge is 0.326 e. The molecule has 9 heteroatoms. The van der Waals surface area contributed by atoms with Crippen molar-refractivity contribution < 1.29 is 14.7 Å². The number of rotatable bonds is 5. The molecule has 0 radical (unpaired) electrons. The number of anilines is 1. The van der Waals surface area contributed by atoms with Crippen LogP contribution in [0.2, 0.25) is 0 Å². The topological polar surface area (TPSA) is 134 Å². The summed E-state index contributed by atoms with van der Waals surface area (Å²) in [5, 5.41) is 11.9. The minimum atomic E-state index is -1.12. The number of thiazole rings is 1. The number of aliphatic carboxylic acids is 1. The van der Waals surface area contributed by atoms with Crippen LogP contribution in [0.3, 0.4) is 0 Å². The van der Waals surface area contributed by atoms with Gasteiger partial charge in [-0.25, -0.2) is 14.8 Å². The van der Waals surface area contributed by atoms with E-state index in [9.17, 15) is 9.59 Å². The first kappa shape index (κ1) is 14.0. The number of carbonyl (C=O) groups excluding carboxylic acids is 1. The number of hydrogen-bond acceptors (Lipinski definition) is 6. The van der Waals surface area contributed by atoms with Crippen molar-refractivity contribution in [1.82, 2.24) is 20.3 Å². The van der Waals surface area contributed by atoms with Crippen LogP contribution in [0, 0.1) is 6.92 Å². The van der Waals surface area contributed by atoms with Crippen LogP contribution in [0.4, 0.5) is 5.13 Å². The number of carboxylic acid groups (broad SMARTS) is 1. The number of aromatic amines is 1. The van der Waals surface area contributed by atoms with Crippen molar-refractivity contribution in [2.24, 2.45) is 0 Å². The average molecular weight is 295 g/mol. The Balaban J connectivity index is 2.10. The highest BCUT2D eigenvalue weighted by atomic mass is 32.1. The molecule has 2 aromatic heterocycles. The number of nitrogens with zero attached hydrogens (tertiary/aromatic N) is 2. The van der Waals surface area contributed by atoms with Gasteiger partial charge in [0, 0.05) is 18.3 Å². The van der Waals surface area contributed by atoms with Gasteiger partial charge in [-0.3, -0.25) is 4.79 Å². The molecule has 5 N–H and O–H groups in total. The molecule has 8 nitrogen and oxygen atoms in total. The third-order valence-corrected chi connectivity index (χ3v) is 3.59. The van der Waals surface area contributed by atoms with Crippen molar-refractivity contribution in [3.63, 3.8) is 0 Å². The minimum absolute atomic E-state index is 0.119. The summed E-state index contributed by atoms with van der Waals surface area (Å²) in [6.45, 7) is 1.65. The Kier molecular flexibility index (Phi) is 3.99. The molecule has 2 aromatic rings. The molecule has 0 aliphatic heterocycles. The monoisotopic (exact) mass is 295 g/mol. The van der Waals surface area contributed by atoms with Crippen molar-refractivity contribution >= 4 is 28.3 Å². The van der Waals surface area contributed by atoms with E-state index in [0.717, 1.165) is 11.3 Å². The first-order chi connectivity index (χ1) is 9.47. The molecule has 2 heterocycles. The molecule has 2 rings (SSSR count). The largest absolute Gasteiger partial charge is 0.480 e. The highest BCUT2D eigenvalue weighted by Crippen LogP contribution is 2.19. The molecule has 0 saturated heterocycles. The molecule has 0 bridgehead atoms. The second kappa shape index (κ2) is 5.70. The summed E-state index contributed by atoms with van der Waals surface area (Å²) in [5.41, 5.74) is 6.62. The summed E-state index contributed by atoms with van der Waals surface area (Å²) in [6.07, 6.45) is 3.08. The van der Waals surface area contributed by atoms with E-state index in [1.807, 2.05) is 0 Å². The Morgan fingerprint density at radius 1 is 1.60 bits per heavy atom. The van der Waals surface area contributed by atoms with Crippen LogP contribution in [0.5, 0.6) is 0 Å². The van der Waals surface area contributed by atoms with Crippen LogP contribution in [0.1, 0.15) is 21.1 Å². The fourth-order valence-corrected chi connectivity index (χ4v) is 2.40. The standard InChI is InChI=1S/C11H13N5O3S/c1-5-8(20-11(12)15-5)9(17)16-7(10(18)19)2-6-3-13-4-14-6/h3-4,7H,2H2,1H3,(H2,12,15)(H,13,14)(H,16,17)(H,18,19)/t7-/m1/s1. The lowest BCUT2D eigenvalue weighted by atomic mass is 10.1. The predicted octanol–water partition coefficient (Wildman–Crippen LogP) is 0.183. The number of H-pyrrole nitrogens is 1. The molecule has 20 heavy (non-hydrogen) atoms. The number of nitrogen functional groups attached to an aromatic ring is 1. The molecular weight excluding hydrogens is 282 g/mol. The lowest BCUT2D eigenvalue weighted by Crippen LogP contribution is -2.42. The maximum absolute atomic E-state index is 12.0. The Bertz CT molecular complexity index is 622. The molecule has 0 fully saturated rings. The maximum atomic E-state index is 12.0. The lowest BCUT2D eigenvalue weighted by molar-refractivity contribution is -0.139. The van der Waals surface area contributed by atoms with Gasteiger partial charge in [0.05, 0.1) is 12.0 Å². The molecule has 0 aliphatic carbocycles. The quantitative estimate of drug-likeness (QED) is 0.621. The Morgan fingerprint density at radius 2 is 2.35 bits per heavy atom. The summed E-state index contributed by atoms with van der Waals surface area (Å²) in [7, 11) is 0. The average Bonchev–Trinajstić information content (AvgIpc) is 2.97. The summed E-state index contributed by atoms with van der Waals surface area (Å²) in [5.74, 6) is -1.62. The zero-order chi connectivity index (χ0) is 14.7. The highest BCUT2D eigenvalue weighted by molar-refractivity contribution is 7.17. The number of aryl methyl sites for hydroxylation is 1. The zero-order valence-electron chi connectivity index (χ0n) is 10.6. The van der Waals surface area contributed by atoms with Gasteiger partial charge in [-0.2, -0.15) is 0 Å². The Morgan fingerprint density at radius 3 is 2.85 bits per heavy atom. The van der Waals surface area contributed by atoms with Crippen LogP contribution in [0.25, 0.3) is 0 Å². The number of amides is 1. The van der Waals surface area contributed by atoms with Gasteiger partial charge in [0.25, 0.3) is 5.91 Å². The van der Waals surface area contributed by atoms with Gasteiger partial charge >= 0.3 is 5.97 Å². The van der Waals surface area contributed by atoms with Gasteiger partial charge in [0.2, 0.25) is 0 Å². The first-order valence-electron chi connectivity index (χ1n) is 5.71. The predicted molar refractivity (Wildman–Crippen MR) is 72.4 cm³/mol. The Hall–Kier alpha value is -2.42. The fourth-order valence-electron chi connectivity index (χ4n) is 1.67. The number of nitrogens with two attached hydrogens (primary N) is 1. The molecular formula is C11H13N5O3S. The van der Waals surface area contributed by atoms with E-state index in [1.165, 1.54) is 12.5 Å². The SMILES string of the molecule is Cc1nc(N)sc1C(=O)N[C@H](Cc1cnc[nH]1)C(=O)O. The van der Waals surface area contributed by atoms with E-state index in [2.05, 4.69) is 20.3 Å². The molecule has 106 valence electrons. The summed E-state index contributed by atoms with van der Waals surface area (Å²) in [6, 6.07) is -1.05. The number of aromatic nitrogens is 3. The molecule has 0 aliphatic rings. The van der Waals surface area contributed by atoms with Crippen molar-refractivity contribution in [2.75, 3.05) is 5.73 Å². The van der Waals surface area contributed by atoms with Crippen molar-refractivity contribution in [3.8, 4) is 0 Å². The minimum Gasteiger partial charge on any atom is -0.480 e. The second-order valence-corrected chi connectivity index (χ2v) is 5.14. The van der Waals surface area contributed by atoms with Gasteiger partial charge in [0.1, 0.15) is 10.9 Å². The van der Waals surface area contributed by atoms with Crippen LogP contribution in [-0.4, -0.2) is 38.0 Å². The first-order valence-corrected chi connectivity index (χ1v) is 6.53. The fraction of sp³-hybridized carbons (Fsp3) is 0.273. The van der Waals surface area contributed by atoms with E-state index < -0.39 is 17.9 Å². The number of carbonyl (C=O) groups is 2. The zero-order valence-corrected chi connectivity index (χ0v) is 11.4. The molecule has 0 saturated carbocycles. The van der Waals surface area contributed by atoms with E-state index in [4.69, 9.17) is 10.8 Å². The molecule has 1 atom stereocenters. The molecule has 0 aromatic carbocycles. The van der Waals surface area contributed by atoms with Crippen LogP contribution in [-0.2, 0) is 11.2 Å². The van der Waals surface area contributed by atoms with Crippen LogP contribution >= 0.6 is 11.3 Å². The maximum Gasteiger partial charge on any atom is 0.326 e. The normalized spacial score (nSPS) is 12.1. The number of imidazole rings is 1. The number of carboxylic acids is 1. The van der Waals surface area contributed by atoms with Crippen LogP contribution in [0.15, 0.2) is 12.5 Å². The van der Waals surface area contributed by atoms with Gasteiger partial charge < -0.3 is 21.1 Å². The summed E-state index contributed by atoms with van der Waals surface area (Å²) in [4.78, 5) is 34.1. The van der Waals surface area contributed by atoms with Crippen molar-refractivity contribution in [3.05, 3.63) is 28.8 Å².